The van der Waals surface area contributed by atoms with E-state index in [4.69, 9.17) is 4.74 Å². The summed E-state index contributed by atoms with van der Waals surface area (Å²) in [6.45, 7) is 9.62. The summed E-state index contributed by atoms with van der Waals surface area (Å²) in [6.07, 6.45) is 4.50. The van der Waals surface area contributed by atoms with Crippen LogP contribution in [0.2, 0.25) is 0 Å². The third kappa shape index (κ3) is 10.4. The minimum Gasteiger partial charge on any atom is -0.443 e. The van der Waals surface area contributed by atoms with E-state index < -0.39 is 34.7 Å². The van der Waals surface area contributed by atoms with Crippen molar-refractivity contribution in [3.8, 4) is 0 Å². The van der Waals surface area contributed by atoms with E-state index in [-0.39, 0.29) is 36.3 Å². The molecule has 1 aliphatic carbocycles. The smallest absolute Gasteiger partial charge is 0.417 e. The summed E-state index contributed by atoms with van der Waals surface area (Å²) in [5, 5.41) is 4.88. The van der Waals surface area contributed by atoms with Gasteiger partial charge in [0.2, 0.25) is 17.7 Å². The van der Waals surface area contributed by atoms with Crippen molar-refractivity contribution in [3.05, 3.63) is 29.6 Å². The molecular formula is C30H46FN5O5S. The second kappa shape index (κ2) is 15.6. The molecule has 42 heavy (non-hydrogen) atoms. The van der Waals surface area contributed by atoms with Crippen LogP contribution in [0.1, 0.15) is 71.8 Å². The summed E-state index contributed by atoms with van der Waals surface area (Å²) in [7, 11) is 1.99. The molecule has 0 bridgehead atoms. The maximum absolute atomic E-state index is 15.3. The van der Waals surface area contributed by atoms with Crippen molar-refractivity contribution in [1.82, 2.24) is 19.8 Å². The van der Waals surface area contributed by atoms with E-state index in [9.17, 15) is 19.2 Å². The first kappa shape index (κ1) is 33.6. The van der Waals surface area contributed by atoms with Gasteiger partial charge in [-0.05, 0) is 76.2 Å². The van der Waals surface area contributed by atoms with Crippen LogP contribution in [0.15, 0.2) is 18.2 Å². The fourth-order valence-corrected chi connectivity index (χ4v) is 6.08. The Morgan fingerprint density at radius 1 is 1.07 bits per heavy atom. The van der Waals surface area contributed by atoms with E-state index in [1.807, 2.05) is 7.05 Å². The van der Waals surface area contributed by atoms with Gasteiger partial charge in [-0.1, -0.05) is 32.3 Å². The summed E-state index contributed by atoms with van der Waals surface area (Å²) in [4.78, 5) is 55.0. The molecule has 1 saturated heterocycles. The first-order valence-corrected chi connectivity index (χ1v) is 15.7. The molecule has 3 N–H and O–H groups in total. The molecule has 2 aliphatic rings. The fraction of sp³-hybridized carbons (Fsp3) is 0.667. The van der Waals surface area contributed by atoms with Gasteiger partial charge < -0.3 is 25.2 Å². The number of nitrogens with one attached hydrogen (secondary N) is 3. The Hall–Kier alpha value is -2.86. The topological polar surface area (TPSA) is 120 Å². The number of hydrogen-bond donors (Lipinski definition) is 3. The minimum absolute atomic E-state index is 0.0157. The molecule has 2 atom stereocenters. The SMILES string of the molecule is CCC(=O)N[C@H](Cc1ccc(NC(=O)[C@@H](SNC(=O)OC(C)(C)C)C2CCCCC2)c(F)c1)C(=O)N1CCN(C)CC1. The maximum atomic E-state index is 15.3. The van der Waals surface area contributed by atoms with E-state index in [1.165, 1.54) is 12.1 Å². The van der Waals surface area contributed by atoms with Gasteiger partial charge in [0.15, 0.2) is 0 Å². The zero-order chi connectivity index (χ0) is 30.9. The van der Waals surface area contributed by atoms with Crippen molar-refractivity contribution >= 4 is 41.5 Å². The number of amides is 4. The Morgan fingerprint density at radius 3 is 2.33 bits per heavy atom. The molecule has 1 saturated carbocycles. The van der Waals surface area contributed by atoms with Gasteiger partial charge in [-0.25, -0.2) is 9.18 Å². The summed E-state index contributed by atoms with van der Waals surface area (Å²) >= 11 is 1.00. The molecule has 2 fully saturated rings. The molecule has 10 nitrogen and oxygen atoms in total. The second-order valence-electron chi connectivity index (χ2n) is 12.2. The highest BCUT2D eigenvalue weighted by Crippen LogP contribution is 2.33. The predicted octanol–water partition coefficient (Wildman–Crippen LogP) is 4.10. The molecule has 1 aromatic rings. The maximum Gasteiger partial charge on any atom is 0.417 e. The van der Waals surface area contributed by atoms with Gasteiger partial charge in [-0.15, -0.1) is 0 Å². The van der Waals surface area contributed by atoms with Crippen molar-refractivity contribution in [1.29, 1.82) is 0 Å². The molecule has 1 aliphatic heterocycles. The number of benzene rings is 1. The van der Waals surface area contributed by atoms with E-state index >= 15 is 4.39 Å². The molecular weight excluding hydrogens is 561 g/mol. The molecule has 1 aromatic carbocycles. The standard InChI is InChI=1S/C30H46FN5O5S/c1-6-25(37)32-24(28(39)36-16-14-35(5)15-17-36)19-20-12-13-23(22(31)18-20)33-27(38)26(21-10-8-7-9-11-21)42-34-29(40)41-30(2,3)4/h12-13,18,21,24,26H,6-11,14-17,19H2,1-5H3,(H,32,37)(H,33,38)(H,34,40)/t24-,26+/m1/s1. The number of ether oxygens (including phenoxy) is 1. The number of anilines is 1. The van der Waals surface area contributed by atoms with Gasteiger partial charge in [0, 0.05) is 39.0 Å². The third-order valence-electron chi connectivity index (χ3n) is 7.51. The monoisotopic (exact) mass is 607 g/mol. The molecule has 0 spiro atoms. The van der Waals surface area contributed by atoms with Gasteiger partial charge in [0.25, 0.3) is 0 Å². The molecule has 234 valence electrons. The number of halogens is 1. The molecule has 12 heteroatoms. The van der Waals surface area contributed by atoms with Crippen LogP contribution in [-0.4, -0.2) is 83.7 Å². The second-order valence-corrected chi connectivity index (χ2v) is 13.1. The van der Waals surface area contributed by atoms with Crippen LogP contribution in [0.3, 0.4) is 0 Å². The lowest BCUT2D eigenvalue weighted by Gasteiger charge is -2.34. The number of piperazine rings is 1. The molecule has 0 aromatic heterocycles. The first-order valence-electron chi connectivity index (χ1n) is 14.9. The lowest BCUT2D eigenvalue weighted by molar-refractivity contribution is -0.137. The lowest BCUT2D eigenvalue weighted by atomic mass is 9.86. The summed E-state index contributed by atoms with van der Waals surface area (Å²) < 4.78 is 23.2. The molecule has 0 radical (unpaired) electrons. The van der Waals surface area contributed by atoms with Gasteiger partial charge in [-0.3, -0.25) is 19.1 Å². The van der Waals surface area contributed by atoms with Crippen molar-refractivity contribution in [2.45, 2.75) is 89.5 Å². The first-order chi connectivity index (χ1) is 19.9. The largest absolute Gasteiger partial charge is 0.443 e. The highest BCUT2D eigenvalue weighted by molar-refractivity contribution is 7.99. The summed E-state index contributed by atoms with van der Waals surface area (Å²) in [6, 6.07) is 3.61. The Kier molecular flexibility index (Phi) is 12.5. The quantitative estimate of drug-likeness (QED) is 0.343. The number of rotatable bonds is 10. The highest BCUT2D eigenvalue weighted by atomic mass is 32.2. The van der Waals surface area contributed by atoms with Crippen molar-refractivity contribution in [2.75, 3.05) is 38.5 Å². The van der Waals surface area contributed by atoms with Crippen LogP contribution in [0.5, 0.6) is 0 Å². The Labute approximate surface area is 253 Å². The fourth-order valence-electron chi connectivity index (χ4n) is 5.18. The van der Waals surface area contributed by atoms with Gasteiger partial charge in [-0.2, -0.15) is 0 Å². The van der Waals surface area contributed by atoms with Crippen LogP contribution in [0, 0.1) is 11.7 Å². The lowest BCUT2D eigenvalue weighted by Crippen LogP contribution is -2.54. The zero-order valence-corrected chi connectivity index (χ0v) is 26.3. The van der Waals surface area contributed by atoms with Crippen LogP contribution < -0.4 is 15.4 Å². The Balaban J connectivity index is 1.70. The van der Waals surface area contributed by atoms with Crippen LogP contribution in [-0.2, 0) is 25.5 Å². The third-order valence-corrected chi connectivity index (χ3v) is 8.64. The average Bonchev–Trinajstić information content (AvgIpc) is 2.93. The summed E-state index contributed by atoms with van der Waals surface area (Å²) in [5.74, 6) is -1.44. The van der Waals surface area contributed by atoms with E-state index in [1.54, 1.807) is 38.7 Å². The van der Waals surface area contributed by atoms with Gasteiger partial charge in [0.1, 0.15) is 22.7 Å². The highest BCUT2D eigenvalue weighted by Gasteiger charge is 2.33. The average molecular weight is 608 g/mol. The number of carbonyl (C=O) groups excluding carboxylic acids is 4. The van der Waals surface area contributed by atoms with Crippen molar-refractivity contribution in [3.63, 3.8) is 0 Å². The minimum atomic E-state index is -0.813. The summed E-state index contributed by atoms with van der Waals surface area (Å²) in [5.41, 5.74) is -0.132. The molecule has 3 rings (SSSR count). The Morgan fingerprint density at radius 2 is 1.74 bits per heavy atom. The van der Waals surface area contributed by atoms with Crippen LogP contribution >= 0.6 is 11.9 Å². The normalized spacial score (nSPS) is 18.1. The van der Waals surface area contributed by atoms with Gasteiger partial charge >= 0.3 is 6.09 Å². The predicted molar refractivity (Wildman–Crippen MR) is 162 cm³/mol. The number of carbonyl (C=O) groups is 4. The van der Waals surface area contributed by atoms with Gasteiger partial charge in [0.05, 0.1) is 5.69 Å². The number of likely N-dealkylation sites (N-methyl/N-ethyl adjacent to an activating group) is 1. The molecule has 0 unspecified atom stereocenters. The van der Waals surface area contributed by atoms with Crippen LogP contribution in [0.4, 0.5) is 14.9 Å². The van der Waals surface area contributed by atoms with E-state index in [0.717, 1.165) is 57.1 Å². The Bertz CT molecular complexity index is 1100. The van der Waals surface area contributed by atoms with Crippen LogP contribution in [0.25, 0.3) is 0 Å². The van der Waals surface area contributed by atoms with Crippen molar-refractivity contribution < 1.29 is 28.3 Å². The molecule has 1 heterocycles. The van der Waals surface area contributed by atoms with E-state index in [2.05, 4.69) is 20.3 Å². The zero-order valence-electron chi connectivity index (χ0n) is 25.5. The van der Waals surface area contributed by atoms with E-state index in [0.29, 0.717) is 18.7 Å². The number of nitrogens with zero attached hydrogens (tertiary/aromatic N) is 2. The number of hydrogen-bond acceptors (Lipinski definition) is 7. The molecule has 4 amide bonds. The van der Waals surface area contributed by atoms with Crippen molar-refractivity contribution in [2.24, 2.45) is 5.92 Å².